The van der Waals surface area contributed by atoms with Crippen LogP contribution < -0.4 is 0 Å². The van der Waals surface area contributed by atoms with Gasteiger partial charge in [-0.2, -0.15) is 0 Å². The van der Waals surface area contributed by atoms with Gasteiger partial charge in [0.05, 0.1) is 5.38 Å². The van der Waals surface area contributed by atoms with Crippen LogP contribution in [0.25, 0.3) is 0 Å². The first kappa shape index (κ1) is 10.8. The zero-order chi connectivity index (χ0) is 11.2. The van der Waals surface area contributed by atoms with E-state index in [1.807, 2.05) is 0 Å². The van der Waals surface area contributed by atoms with E-state index in [0.717, 1.165) is 11.5 Å². The smallest absolute Gasteiger partial charge is 0.117 e. The summed E-state index contributed by atoms with van der Waals surface area (Å²) >= 11 is 25.2. The molecule has 0 radical (unpaired) electrons. The lowest BCUT2D eigenvalue weighted by Gasteiger charge is -2.25. The van der Waals surface area contributed by atoms with Gasteiger partial charge >= 0.3 is 0 Å². The van der Waals surface area contributed by atoms with Crippen LogP contribution in [0.5, 0.6) is 0 Å². The van der Waals surface area contributed by atoms with Crippen LogP contribution in [0.3, 0.4) is 0 Å². The molecule has 4 aliphatic rings. The minimum atomic E-state index is -0.444. The lowest BCUT2D eigenvalue weighted by molar-refractivity contribution is 0.309. The maximum Gasteiger partial charge on any atom is 0.125 e. The van der Waals surface area contributed by atoms with Gasteiger partial charge in [0.2, 0.25) is 0 Å². The lowest BCUT2D eigenvalue weighted by Crippen LogP contribution is -2.23. The third-order valence-corrected chi connectivity index (χ3v) is 7.40. The molecule has 0 saturated heterocycles. The van der Waals surface area contributed by atoms with Crippen molar-refractivity contribution >= 4 is 46.4 Å². The van der Waals surface area contributed by atoms with Crippen LogP contribution in [-0.4, -0.2) is 9.71 Å². The number of alkyl halides is 3. The highest BCUT2D eigenvalue weighted by molar-refractivity contribution is 6.51. The van der Waals surface area contributed by atoms with Crippen molar-refractivity contribution in [3.8, 4) is 0 Å². The van der Waals surface area contributed by atoms with E-state index in [0.29, 0.717) is 35.5 Å². The predicted octanol–water partition coefficient (Wildman–Crippen LogP) is 4.42. The SMILES string of the molecule is ClC1=C[C@@H]2C[C@H]([C@@H]3C[C@@H]4[C@H]([C@H]32)C4(Cl)Cl)[C@H]1Cl. The Morgan fingerprint density at radius 2 is 1.94 bits per heavy atom. The number of rotatable bonds is 0. The quantitative estimate of drug-likeness (QED) is 0.581. The number of hydrogen-bond acceptors (Lipinski definition) is 0. The summed E-state index contributed by atoms with van der Waals surface area (Å²) in [5.41, 5.74) is 0. The molecule has 4 heteroatoms. The maximum absolute atomic E-state index is 6.39. The molecule has 7 atom stereocenters. The van der Waals surface area contributed by atoms with E-state index in [9.17, 15) is 0 Å². The molecular formula is C12H12Cl4. The zero-order valence-electron chi connectivity index (χ0n) is 8.54. The Labute approximate surface area is 115 Å². The van der Waals surface area contributed by atoms with E-state index in [-0.39, 0.29) is 5.38 Å². The maximum atomic E-state index is 6.39. The molecule has 0 nitrogen and oxygen atoms in total. The first-order chi connectivity index (χ1) is 7.51. The monoisotopic (exact) mass is 296 g/mol. The van der Waals surface area contributed by atoms with Gasteiger partial charge in [0.25, 0.3) is 0 Å². The van der Waals surface area contributed by atoms with Crippen molar-refractivity contribution in [1.29, 1.82) is 0 Å². The summed E-state index contributed by atoms with van der Waals surface area (Å²) in [7, 11) is 0. The molecule has 0 amide bonds. The Hall–Kier alpha value is 0.900. The van der Waals surface area contributed by atoms with Crippen LogP contribution in [0.1, 0.15) is 12.8 Å². The fourth-order valence-corrected chi connectivity index (χ4v) is 6.27. The molecule has 4 rings (SSSR count). The summed E-state index contributed by atoms with van der Waals surface area (Å²) in [4.78, 5) is 0. The topological polar surface area (TPSA) is 0 Å². The molecule has 0 aromatic rings. The van der Waals surface area contributed by atoms with Gasteiger partial charge in [0.1, 0.15) is 4.33 Å². The summed E-state index contributed by atoms with van der Waals surface area (Å²) in [6.07, 6.45) is 4.52. The highest BCUT2D eigenvalue weighted by atomic mass is 35.5. The Morgan fingerprint density at radius 1 is 1.19 bits per heavy atom. The molecular weight excluding hydrogens is 286 g/mol. The molecule has 4 aliphatic carbocycles. The minimum Gasteiger partial charge on any atom is -0.117 e. The standard InChI is InChI=1S/C12H12Cl4/c13-8-2-4-1-6(11(8)14)5-3-7-10(9(4)5)12(7,15)16/h2,4-7,9-11H,1,3H2/t4-,5-,6+,7+,9-,10+,11+/m0/s1. The Balaban J connectivity index is 1.72. The first-order valence-corrected chi connectivity index (χ1v) is 7.48. The lowest BCUT2D eigenvalue weighted by atomic mass is 9.86. The van der Waals surface area contributed by atoms with Gasteiger partial charge in [0.15, 0.2) is 0 Å². The Kier molecular flexibility index (Phi) is 2.07. The van der Waals surface area contributed by atoms with Gasteiger partial charge in [-0.3, -0.25) is 0 Å². The van der Waals surface area contributed by atoms with Crippen LogP contribution in [0.15, 0.2) is 11.1 Å². The van der Waals surface area contributed by atoms with Crippen molar-refractivity contribution in [2.75, 3.05) is 0 Å². The molecule has 0 spiro atoms. The molecule has 88 valence electrons. The minimum absolute atomic E-state index is 0.0328. The molecule has 0 aliphatic heterocycles. The molecule has 3 saturated carbocycles. The highest BCUT2D eigenvalue weighted by Crippen LogP contribution is 2.76. The highest BCUT2D eigenvalue weighted by Gasteiger charge is 2.75. The van der Waals surface area contributed by atoms with E-state index in [2.05, 4.69) is 6.08 Å². The fraction of sp³-hybridized carbons (Fsp3) is 0.833. The molecule has 0 aromatic heterocycles. The van der Waals surface area contributed by atoms with Crippen molar-refractivity contribution in [2.24, 2.45) is 35.5 Å². The molecule has 16 heavy (non-hydrogen) atoms. The van der Waals surface area contributed by atoms with Gasteiger partial charge < -0.3 is 0 Å². The predicted molar refractivity (Wildman–Crippen MR) is 68.2 cm³/mol. The van der Waals surface area contributed by atoms with Crippen LogP contribution in [0, 0.1) is 35.5 Å². The summed E-state index contributed by atoms with van der Waals surface area (Å²) in [5.74, 6) is 3.50. The summed E-state index contributed by atoms with van der Waals surface area (Å²) in [6, 6.07) is 0. The van der Waals surface area contributed by atoms with Crippen LogP contribution in [-0.2, 0) is 0 Å². The van der Waals surface area contributed by atoms with Crippen LogP contribution in [0.2, 0.25) is 0 Å². The number of fused-ring (bicyclic) bond motifs is 7. The average Bonchev–Trinajstić information content (AvgIpc) is 2.63. The fourth-order valence-electron chi connectivity index (χ4n) is 4.67. The van der Waals surface area contributed by atoms with E-state index < -0.39 is 4.33 Å². The molecule has 0 unspecified atom stereocenters. The van der Waals surface area contributed by atoms with Gasteiger partial charge in [0, 0.05) is 11.0 Å². The van der Waals surface area contributed by atoms with Crippen molar-refractivity contribution in [3.63, 3.8) is 0 Å². The van der Waals surface area contributed by atoms with Crippen molar-refractivity contribution in [1.82, 2.24) is 0 Å². The second-order valence-corrected chi connectivity index (χ2v) is 8.15. The summed E-state index contributed by atoms with van der Waals surface area (Å²) < 4.78 is -0.444. The van der Waals surface area contributed by atoms with E-state index in [4.69, 9.17) is 46.4 Å². The molecule has 0 heterocycles. The third-order valence-electron chi connectivity index (χ3n) is 5.30. The number of halogens is 4. The van der Waals surface area contributed by atoms with E-state index >= 15 is 0 Å². The zero-order valence-corrected chi connectivity index (χ0v) is 11.6. The average molecular weight is 298 g/mol. The van der Waals surface area contributed by atoms with Crippen molar-refractivity contribution < 1.29 is 0 Å². The molecule has 2 bridgehead atoms. The first-order valence-electron chi connectivity index (χ1n) is 5.91. The summed E-state index contributed by atoms with van der Waals surface area (Å²) in [6.45, 7) is 0. The van der Waals surface area contributed by atoms with Crippen molar-refractivity contribution in [2.45, 2.75) is 22.6 Å². The van der Waals surface area contributed by atoms with Gasteiger partial charge in [-0.05, 0) is 42.4 Å². The summed E-state index contributed by atoms with van der Waals surface area (Å²) in [5, 5.41) is 0.884. The van der Waals surface area contributed by atoms with E-state index in [1.54, 1.807) is 0 Å². The number of hydrogen-bond donors (Lipinski definition) is 0. The Morgan fingerprint density at radius 3 is 2.69 bits per heavy atom. The second-order valence-electron chi connectivity index (χ2n) is 5.80. The molecule has 0 aromatic carbocycles. The Bertz CT molecular complexity index is 388. The van der Waals surface area contributed by atoms with Crippen LogP contribution in [0.4, 0.5) is 0 Å². The van der Waals surface area contributed by atoms with Crippen LogP contribution >= 0.6 is 46.4 Å². The third kappa shape index (κ3) is 1.11. The molecule has 3 fully saturated rings. The number of allylic oxidation sites excluding steroid dienone is 2. The van der Waals surface area contributed by atoms with Gasteiger partial charge in [-0.25, -0.2) is 0 Å². The van der Waals surface area contributed by atoms with Crippen molar-refractivity contribution in [3.05, 3.63) is 11.1 Å². The normalized spacial score (nSPS) is 60.2. The van der Waals surface area contributed by atoms with E-state index in [1.165, 1.54) is 6.42 Å². The molecule has 0 N–H and O–H groups in total. The second kappa shape index (κ2) is 3.07. The van der Waals surface area contributed by atoms with Gasteiger partial charge in [-0.15, -0.1) is 34.8 Å². The van der Waals surface area contributed by atoms with Gasteiger partial charge in [-0.1, -0.05) is 17.7 Å². The largest absolute Gasteiger partial charge is 0.125 e.